The molecule has 106 valence electrons. The standard InChI is InChI=1S/C12H21FO5/c1-3-6-16-9-11(15-2)10-17-7-4-12(14)18-8-5-13/h11-12,14H,3-4,6-7,9-10H2,1-2H3. The number of halogens is 1. The Morgan fingerprint density at radius 2 is 1.89 bits per heavy atom. The first-order valence-electron chi connectivity index (χ1n) is 5.87. The number of aliphatic hydroxyl groups is 1. The molecule has 0 aromatic carbocycles. The molecule has 0 aliphatic rings. The SMILES string of the molecule is CCCOCC(COCCC(O)OC#CF)OC. The molecular weight excluding hydrogens is 243 g/mol. The lowest BCUT2D eigenvalue weighted by Crippen LogP contribution is -2.25. The zero-order valence-electron chi connectivity index (χ0n) is 10.9. The Bertz CT molecular complexity index is 238. The van der Waals surface area contributed by atoms with Crippen LogP contribution in [0.1, 0.15) is 19.8 Å². The highest BCUT2D eigenvalue weighted by Gasteiger charge is 2.09. The first-order valence-corrected chi connectivity index (χ1v) is 5.87. The van der Waals surface area contributed by atoms with Gasteiger partial charge in [0.25, 0.3) is 0 Å². The lowest BCUT2D eigenvalue weighted by atomic mass is 10.4. The van der Waals surface area contributed by atoms with E-state index in [1.807, 2.05) is 6.92 Å². The molecule has 0 aromatic heterocycles. The Morgan fingerprint density at radius 3 is 2.44 bits per heavy atom. The van der Waals surface area contributed by atoms with Gasteiger partial charge in [-0.1, -0.05) is 6.92 Å². The van der Waals surface area contributed by atoms with Crippen molar-refractivity contribution in [2.24, 2.45) is 0 Å². The van der Waals surface area contributed by atoms with Crippen LogP contribution in [-0.4, -0.2) is 51.0 Å². The fourth-order valence-corrected chi connectivity index (χ4v) is 1.09. The largest absolute Gasteiger partial charge is 0.413 e. The van der Waals surface area contributed by atoms with Crippen molar-refractivity contribution >= 4 is 0 Å². The number of hydrogen-bond acceptors (Lipinski definition) is 5. The van der Waals surface area contributed by atoms with Crippen LogP contribution in [0, 0.1) is 12.3 Å². The van der Waals surface area contributed by atoms with Gasteiger partial charge in [0, 0.05) is 20.1 Å². The van der Waals surface area contributed by atoms with Gasteiger partial charge in [-0.2, -0.15) is 0 Å². The Morgan fingerprint density at radius 1 is 1.22 bits per heavy atom. The topological polar surface area (TPSA) is 57.2 Å². The van der Waals surface area contributed by atoms with Crippen molar-refractivity contribution in [2.75, 3.05) is 33.5 Å². The van der Waals surface area contributed by atoms with E-state index in [0.717, 1.165) is 12.6 Å². The smallest absolute Gasteiger partial charge is 0.210 e. The molecule has 0 heterocycles. The van der Waals surface area contributed by atoms with Gasteiger partial charge in [-0.15, -0.1) is 4.39 Å². The van der Waals surface area contributed by atoms with Crippen LogP contribution in [0.5, 0.6) is 0 Å². The molecule has 0 saturated carbocycles. The second-order valence-corrected chi connectivity index (χ2v) is 3.57. The van der Waals surface area contributed by atoms with Gasteiger partial charge < -0.3 is 24.1 Å². The molecule has 0 aliphatic carbocycles. The normalized spacial score (nSPS) is 13.6. The maximum Gasteiger partial charge on any atom is 0.210 e. The summed E-state index contributed by atoms with van der Waals surface area (Å²) in [5.41, 5.74) is 0. The second-order valence-electron chi connectivity index (χ2n) is 3.57. The second kappa shape index (κ2) is 12.6. The average molecular weight is 264 g/mol. The van der Waals surface area contributed by atoms with E-state index >= 15 is 0 Å². The molecule has 0 saturated heterocycles. The van der Waals surface area contributed by atoms with Gasteiger partial charge in [-0.25, -0.2) is 0 Å². The minimum atomic E-state index is -1.15. The van der Waals surface area contributed by atoms with Crippen LogP contribution in [0.15, 0.2) is 0 Å². The molecular formula is C12H21FO5. The molecule has 0 rings (SSSR count). The summed E-state index contributed by atoms with van der Waals surface area (Å²) in [5.74, 6) is 0. The van der Waals surface area contributed by atoms with Crippen LogP contribution in [0.4, 0.5) is 4.39 Å². The Hall–Kier alpha value is -0.870. The van der Waals surface area contributed by atoms with E-state index < -0.39 is 6.29 Å². The quantitative estimate of drug-likeness (QED) is 0.343. The summed E-state index contributed by atoms with van der Waals surface area (Å²) < 4.78 is 31.5. The zero-order valence-corrected chi connectivity index (χ0v) is 10.9. The van der Waals surface area contributed by atoms with Crippen molar-refractivity contribution in [1.29, 1.82) is 0 Å². The lowest BCUT2D eigenvalue weighted by Gasteiger charge is -2.16. The van der Waals surface area contributed by atoms with Crippen LogP contribution in [0.25, 0.3) is 0 Å². The van der Waals surface area contributed by atoms with E-state index in [9.17, 15) is 4.39 Å². The fourth-order valence-electron chi connectivity index (χ4n) is 1.09. The van der Waals surface area contributed by atoms with Gasteiger partial charge in [-0.3, -0.25) is 0 Å². The van der Waals surface area contributed by atoms with Gasteiger partial charge in [0.2, 0.25) is 6.29 Å². The highest BCUT2D eigenvalue weighted by Crippen LogP contribution is 1.98. The summed E-state index contributed by atoms with van der Waals surface area (Å²) in [6.07, 6.45) is 2.59. The molecule has 0 fully saturated rings. The molecule has 0 aliphatic heterocycles. The van der Waals surface area contributed by atoms with Crippen LogP contribution >= 0.6 is 0 Å². The molecule has 0 spiro atoms. The highest BCUT2D eigenvalue weighted by atomic mass is 19.1. The first kappa shape index (κ1) is 17.1. The van der Waals surface area contributed by atoms with Crippen LogP contribution < -0.4 is 0 Å². The Balaban J connectivity index is 3.51. The molecule has 0 bridgehead atoms. The van der Waals surface area contributed by atoms with Crippen LogP contribution in [0.2, 0.25) is 0 Å². The van der Waals surface area contributed by atoms with Crippen molar-refractivity contribution in [3.8, 4) is 12.3 Å². The van der Waals surface area contributed by atoms with Crippen LogP contribution in [0.3, 0.4) is 0 Å². The van der Waals surface area contributed by atoms with E-state index in [-0.39, 0.29) is 19.1 Å². The van der Waals surface area contributed by atoms with E-state index in [1.54, 1.807) is 13.2 Å². The minimum Gasteiger partial charge on any atom is -0.413 e. The van der Waals surface area contributed by atoms with Crippen LogP contribution in [-0.2, 0) is 18.9 Å². The number of methoxy groups -OCH3 is 1. The number of hydrogen-bond donors (Lipinski definition) is 1. The Kier molecular flexibility index (Phi) is 12.0. The predicted molar refractivity (Wildman–Crippen MR) is 63.3 cm³/mol. The maximum atomic E-state index is 11.4. The molecule has 6 heteroatoms. The average Bonchev–Trinajstić information content (AvgIpc) is 2.39. The summed E-state index contributed by atoms with van der Waals surface area (Å²) >= 11 is 0. The number of aliphatic hydroxyl groups excluding tert-OH is 1. The van der Waals surface area contributed by atoms with E-state index in [1.165, 1.54) is 0 Å². The van der Waals surface area contributed by atoms with Crippen molar-refractivity contribution in [1.82, 2.24) is 0 Å². The van der Waals surface area contributed by atoms with Crippen molar-refractivity contribution in [3.63, 3.8) is 0 Å². The molecule has 2 atom stereocenters. The Labute approximate surface area is 107 Å². The van der Waals surface area contributed by atoms with E-state index in [4.69, 9.17) is 19.3 Å². The monoisotopic (exact) mass is 264 g/mol. The number of rotatable bonds is 11. The minimum absolute atomic E-state index is 0.139. The summed E-state index contributed by atoms with van der Waals surface area (Å²) in [4.78, 5) is 0. The fraction of sp³-hybridized carbons (Fsp3) is 0.833. The molecule has 0 amide bonds. The van der Waals surface area contributed by atoms with Gasteiger partial charge in [-0.05, 0) is 6.42 Å². The molecule has 0 radical (unpaired) electrons. The third-order valence-corrected chi connectivity index (χ3v) is 2.03. The predicted octanol–water partition coefficient (Wildman–Crippen LogP) is 1.06. The maximum absolute atomic E-state index is 11.4. The van der Waals surface area contributed by atoms with Crippen molar-refractivity contribution in [3.05, 3.63) is 0 Å². The molecule has 18 heavy (non-hydrogen) atoms. The van der Waals surface area contributed by atoms with Gasteiger partial charge >= 0.3 is 0 Å². The third kappa shape index (κ3) is 10.3. The van der Waals surface area contributed by atoms with E-state index in [0.29, 0.717) is 19.8 Å². The van der Waals surface area contributed by atoms with Gasteiger partial charge in [0.15, 0.2) is 0 Å². The van der Waals surface area contributed by atoms with E-state index in [2.05, 4.69) is 4.74 Å². The molecule has 5 nitrogen and oxygen atoms in total. The first-order chi connectivity index (χ1) is 8.74. The van der Waals surface area contributed by atoms with Crippen molar-refractivity contribution < 1.29 is 28.4 Å². The third-order valence-electron chi connectivity index (χ3n) is 2.03. The lowest BCUT2D eigenvalue weighted by molar-refractivity contribution is -0.0771. The highest BCUT2D eigenvalue weighted by molar-refractivity contribution is 4.78. The van der Waals surface area contributed by atoms with Gasteiger partial charge in [0.05, 0.1) is 19.8 Å². The summed E-state index contributed by atoms with van der Waals surface area (Å²) in [5, 5.41) is 9.15. The van der Waals surface area contributed by atoms with Gasteiger partial charge in [0.1, 0.15) is 18.4 Å². The zero-order chi connectivity index (χ0) is 13.6. The molecule has 2 unspecified atom stereocenters. The summed E-state index contributed by atoms with van der Waals surface area (Å²) in [6, 6.07) is 0. The molecule has 1 N–H and O–H groups in total. The summed E-state index contributed by atoms with van der Waals surface area (Å²) in [6.45, 7) is 3.82. The molecule has 0 aromatic rings. The van der Waals surface area contributed by atoms with Crippen molar-refractivity contribution in [2.45, 2.75) is 32.2 Å². The summed E-state index contributed by atoms with van der Waals surface area (Å²) in [7, 11) is 1.58. The number of ether oxygens (including phenoxy) is 4.